The number of rotatable bonds is 5. The molecule has 0 aromatic rings. The topological polar surface area (TPSA) is 26.3 Å². The summed E-state index contributed by atoms with van der Waals surface area (Å²) in [6, 6.07) is 0. The molecule has 16 heavy (non-hydrogen) atoms. The van der Waals surface area contributed by atoms with Gasteiger partial charge in [-0.05, 0) is 18.9 Å². The Morgan fingerprint density at radius 3 is 2.19 bits per heavy atom. The standard InChI is InChI=1S/C10H16O2.C2H6.C2H2/c1-4-5-6-7-9(2)10(11)8-12-3;2*1-2/h5-7H,4,8H2,1-3H3;1-2H3;1-2H/b6-5-,9-7+;;. The number of allylic oxidation sites excluding steroid dienone is 3. The number of terminal acetylenes is 1. The third-order valence-corrected chi connectivity index (χ3v) is 1.43. The van der Waals surface area contributed by atoms with E-state index in [1.807, 2.05) is 32.1 Å². The molecule has 0 aliphatic heterocycles. The van der Waals surface area contributed by atoms with E-state index in [9.17, 15) is 4.79 Å². The lowest BCUT2D eigenvalue weighted by molar-refractivity contribution is -0.118. The lowest BCUT2D eigenvalue weighted by atomic mass is 10.2. The Kier molecular flexibility index (Phi) is 24.2. The van der Waals surface area contributed by atoms with Crippen molar-refractivity contribution in [2.45, 2.75) is 34.1 Å². The average molecular weight is 224 g/mol. The molecule has 0 atom stereocenters. The fourth-order valence-corrected chi connectivity index (χ4v) is 0.686. The van der Waals surface area contributed by atoms with E-state index in [0.29, 0.717) is 0 Å². The number of hydrogen-bond acceptors (Lipinski definition) is 2. The smallest absolute Gasteiger partial charge is 0.184 e. The van der Waals surface area contributed by atoms with Gasteiger partial charge in [-0.3, -0.25) is 4.79 Å². The molecule has 0 radical (unpaired) electrons. The van der Waals surface area contributed by atoms with Gasteiger partial charge < -0.3 is 4.74 Å². The van der Waals surface area contributed by atoms with Crippen molar-refractivity contribution in [1.29, 1.82) is 0 Å². The van der Waals surface area contributed by atoms with Crippen LogP contribution in [0.1, 0.15) is 34.1 Å². The van der Waals surface area contributed by atoms with Gasteiger partial charge in [-0.2, -0.15) is 0 Å². The quantitative estimate of drug-likeness (QED) is 0.406. The first-order valence-electron chi connectivity index (χ1n) is 5.41. The zero-order valence-corrected chi connectivity index (χ0v) is 11.1. The van der Waals surface area contributed by atoms with Gasteiger partial charge in [0.2, 0.25) is 0 Å². The molecule has 0 fully saturated rings. The Bertz CT molecular complexity index is 222. The molecule has 0 aromatic carbocycles. The van der Waals surface area contributed by atoms with Crippen molar-refractivity contribution in [3.63, 3.8) is 0 Å². The van der Waals surface area contributed by atoms with Gasteiger partial charge in [-0.1, -0.05) is 39.0 Å². The molecule has 92 valence electrons. The van der Waals surface area contributed by atoms with Crippen LogP contribution in [0.15, 0.2) is 23.8 Å². The van der Waals surface area contributed by atoms with Crippen molar-refractivity contribution in [1.82, 2.24) is 0 Å². The van der Waals surface area contributed by atoms with Crippen LogP contribution in [0.5, 0.6) is 0 Å². The van der Waals surface area contributed by atoms with E-state index >= 15 is 0 Å². The first-order valence-corrected chi connectivity index (χ1v) is 5.41. The number of carbonyl (C=O) groups is 1. The first kappa shape index (κ1) is 20.1. The monoisotopic (exact) mass is 224 g/mol. The van der Waals surface area contributed by atoms with Crippen molar-refractivity contribution >= 4 is 5.78 Å². The van der Waals surface area contributed by atoms with Crippen LogP contribution in [0.4, 0.5) is 0 Å². The number of methoxy groups -OCH3 is 1. The zero-order valence-electron chi connectivity index (χ0n) is 11.1. The van der Waals surface area contributed by atoms with Crippen molar-refractivity contribution in [3.8, 4) is 12.8 Å². The highest BCUT2D eigenvalue weighted by Gasteiger charge is 2.00. The van der Waals surface area contributed by atoms with E-state index in [1.54, 1.807) is 6.92 Å². The fraction of sp³-hybridized carbons (Fsp3) is 0.500. The molecule has 0 bridgehead atoms. The summed E-state index contributed by atoms with van der Waals surface area (Å²) in [7, 11) is 1.52. The molecular weight excluding hydrogens is 200 g/mol. The molecule has 2 nitrogen and oxygen atoms in total. The second-order valence-corrected chi connectivity index (χ2v) is 2.54. The van der Waals surface area contributed by atoms with Crippen LogP contribution in [0.2, 0.25) is 0 Å². The van der Waals surface area contributed by atoms with E-state index in [-0.39, 0.29) is 12.4 Å². The van der Waals surface area contributed by atoms with Crippen molar-refractivity contribution in [2.24, 2.45) is 0 Å². The van der Waals surface area contributed by atoms with Crippen LogP contribution in [0.3, 0.4) is 0 Å². The van der Waals surface area contributed by atoms with E-state index in [2.05, 4.69) is 19.8 Å². The molecule has 0 saturated carbocycles. The van der Waals surface area contributed by atoms with Crippen molar-refractivity contribution in [2.75, 3.05) is 13.7 Å². The maximum atomic E-state index is 11.1. The third kappa shape index (κ3) is 15.2. The van der Waals surface area contributed by atoms with Crippen LogP contribution < -0.4 is 0 Å². The first-order chi connectivity index (χ1) is 7.72. The molecule has 0 rings (SSSR count). The molecule has 2 heteroatoms. The molecule has 0 heterocycles. The summed E-state index contributed by atoms with van der Waals surface area (Å²) in [5.74, 6) is 0.0400. The van der Waals surface area contributed by atoms with Crippen LogP contribution in [-0.4, -0.2) is 19.5 Å². The summed E-state index contributed by atoms with van der Waals surface area (Å²) in [4.78, 5) is 11.1. The highest BCUT2D eigenvalue weighted by Crippen LogP contribution is 1.96. The van der Waals surface area contributed by atoms with E-state index in [0.717, 1.165) is 12.0 Å². The molecule has 0 spiro atoms. The zero-order chi connectivity index (χ0) is 13.4. The Labute approximate surface area is 100 Å². The van der Waals surface area contributed by atoms with E-state index in [1.165, 1.54) is 7.11 Å². The van der Waals surface area contributed by atoms with E-state index < -0.39 is 0 Å². The highest BCUT2D eigenvalue weighted by molar-refractivity contribution is 5.95. The van der Waals surface area contributed by atoms with Gasteiger partial charge in [0.05, 0.1) is 0 Å². The maximum absolute atomic E-state index is 11.1. The molecule has 0 aliphatic carbocycles. The predicted octanol–water partition coefficient (Wildman–Crippen LogP) is 3.39. The molecule has 0 aromatic heterocycles. The summed E-state index contributed by atoms with van der Waals surface area (Å²) < 4.78 is 4.72. The minimum absolute atomic E-state index is 0.0400. The van der Waals surface area contributed by atoms with Gasteiger partial charge in [-0.25, -0.2) is 0 Å². The van der Waals surface area contributed by atoms with Crippen LogP contribution in [0.25, 0.3) is 0 Å². The molecule has 0 unspecified atom stereocenters. The Morgan fingerprint density at radius 2 is 1.81 bits per heavy atom. The summed E-state index contributed by atoms with van der Waals surface area (Å²) in [5, 5.41) is 0. The van der Waals surface area contributed by atoms with Gasteiger partial charge in [-0.15, -0.1) is 12.8 Å². The third-order valence-electron chi connectivity index (χ3n) is 1.43. The lowest BCUT2D eigenvalue weighted by Crippen LogP contribution is -2.07. The minimum Gasteiger partial charge on any atom is -0.377 e. The Morgan fingerprint density at radius 1 is 1.31 bits per heavy atom. The second-order valence-electron chi connectivity index (χ2n) is 2.54. The number of carbonyl (C=O) groups excluding carboxylic acids is 1. The largest absolute Gasteiger partial charge is 0.377 e. The Balaban J connectivity index is -0.000000376. The van der Waals surface area contributed by atoms with Crippen molar-refractivity contribution in [3.05, 3.63) is 23.8 Å². The highest BCUT2D eigenvalue weighted by atomic mass is 16.5. The molecule has 0 N–H and O–H groups in total. The number of Topliss-reactive ketones (excluding diaryl/α,β-unsaturated/α-hetero) is 1. The summed E-state index contributed by atoms with van der Waals surface area (Å²) in [5.41, 5.74) is 0.738. The maximum Gasteiger partial charge on any atom is 0.184 e. The van der Waals surface area contributed by atoms with Crippen LogP contribution in [0, 0.1) is 12.8 Å². The SMILES string of the molecule is C#C.CC.CC/C=C\C=C(/C)C(=O)COC. The number of hydrogen-bond donors (Lipinski definition) is 0. The van der Waals surface area contributed by atoms with Gasteiger partial charge in [0.15, 0.2) is 5.78 Å². The molecule has 0 aliphatic rings. The van der Waals surface area contributed by atoms with Crippen LogP contribution in [-0.2, 0) is 9.53 Å². The predicted molar refractivity (Wildman–Crippen MR) is 71.3 cm³/mol. The van der Waals surface area contributed by atoms with Gasteiger partial charge >= 0.3 is 0 Å². The summed E-state index contributed by atoms with van der Waals surface area (Å²) in [6.07, 6.45) is 14.7. The molecule has 0 saturated heterocycles. The van der Waals surface area contributed by atoms with Crippen molar-refractivity contribution < 1.29 is 9.53 Å². The minimum atomic E-state index is 0.0400. The fourth-order valence-electron chi connectivity index (χ4n) is 0.686. The Hall–Kier alpha value is -1.33. The lowest BCUT2D eigenvalue weighted by Gasteiger charge is -1.96. The van der Waals surface area contributed by atoms with Gasteiger partial charge in [0.25, 0.3) is 0 Å². The van der Waals surface area contributed by atoms with Crippen LogP contribution >= 0.6 is 0 Å². The normalized spacial score (nSPS) is 9.81. The van der Waals surface area contributed by atoms with Gasteiger partial charge in [0.1, 0.15) is 6.61 Å². The van der Waals surface area contributed by atoms with E-state index in [4.69, 9.17) is 4.74 Å². The molecular formula is C14H24O2. The van der Waals surface area contributed by atoms with Gasteiger partial charge in [0, 0.05) is 7.11 Å². The molecule has 0 amide bonds. The summed E-state index contributed by atoms with van der Waals surface area (Å²) in [6.45, 7) is 8.01. The number of ether oxygens (including phenoxy) is 1. The number of ketones is 1. The second kappa shape index (κ2) is 19.3. The summed E-state index contributed by atoms with van der Waals surface area (Å²) >= 11 is 0. The average Bonchev–Trinajstić information content (AvgIpc) is 2.34.